The predicted molar refractivity (Wildman–Crippen MR) is 254 cm³/mol. The van der Waals surface area contributed by atoms with Gasteiger partial charge < -0.3 is 19.7 Å². The molecule has 0 fully saturated rings. The van der Waals surface area contributed by atoms with Gasteiger partial charge in [-0.3, -0.25) is 0 Å². The molecule has 6 rings (SSSR count). The van der Waals surface area contributed by atoms with Gasteiger partial charge in [-0.15, -0.1) is 0 Å². The van der Waals surface area contributed by atoms with E-state index in [2.05, 4.69) is 32.6 Å². The molecule has 362 valence electrons. The maximum absolute atomic E-state index is 14.4. The zero-order chi connectivity index (χ0) is 51.4. The zero-order valence-electron chi connectivity index (χ0n) is 36.9. The van der Waals surface area contributed by atoms with E-state index in [9.17, 15) is 45.3 Å². The van der Waals surface area contributed by atoms with Crippen molar-refractivity contribution < 1.29 is 71.8 Å². The number of aromatic hydroxyl groups is 2. The number of hydrogen-bond donors (Lipinski definition) is 2. The van der Waals surface area contributed by atoms with Crippen LogP contribution >= 0.6 is 41.8 Å². The van der Waals surface area contributed by atoms with E-state index >= 15 is 0 Å². The molecular weight excluding hydrogens is 1030 g/mol. The number of phenolic OH excluding ortho intramolecular Hbond substituents is 2. The molecule has 6 aromatic carbocycles. The Morgan fingerprint density at radius 2 is 0.826 bits per heavy atom. The van der Waals surface area contributed by atoms with Crippen molar-refractivity contribution in [3.63, 3.8) is 0 Å². The van der Waals surface area contributed by atoms with E-state index in [-0.39, 0.29) is 45.9 Å². The van der Waals surface area contributed by atoms with Crippen molar-refractivity contribution in [2.45, 2.75) is 38.5 Å². The van der Waals surface area contributed by atoms with Crippen molar-refractivity contribution >= 4 is 65.6 Å². The Morgan fingerprint density at radius 1 is 0.536 bits per heavy atom. The third-order valence-electron chi connectivity index (χ3n) is 10.3. The quantitative estimate of drug-likeness (QED) is 0.0374. The van der Waals surface area contributed by atoms with Crippen LogP contribution in [-0.4, -0.2) is 35.9 Å². The van der Waals surface area contributed by atoms with Crippen LogP contribution in [0.4, 0.5) is 46.5 Å². The van der Waals surface area contributed by atoms with Crippen LogP contribution in [0.3, 0.4) is 0 Å². The third kappa shape index (κ3) is 13.1. The molecule has 6 nitrogen and oxygen atoms in total. The number of hydrogen-bond acceptors (Lipinski definition) is 6. The monoisotopic (exact) mass is 1070 g/mol. The first-order valence-electron chi connectivity index (χ1n) is 20.0. The second-order valence-corrected chi connectivity index (χ2v) is 18.9. The van der Waals surface area contributed by atoms with Crippen LogP contribution in [-0.2, 0) is 27.9 Å². The summed E-state index contributed by atoms with van der Waals surface area (Å²) in [5, 5.41) is 22.2. The molecule has 0 saturated heterocycles. The number of nitrogens with zero attached hydrogens (tertiary/aromatic N) is 2. The predicted octanol–water partition coefficient (Wildman–Crippen LogP) is 15.9. The summed E-state index contributed by atoms with van der Waals surface area (Å²) in [7, 11) is 9.78. The summed E-state index contributed by atoms with van der Waals surface area (Å²) >= 11 is 11.9. The van der Waals surface area contributed by atoms with Gasteiger partial charge >= 0.3 is 35.6 Å². The molecule has 19 heteroatoms. The second-order valence-electron chi connectivity index (χ2n) is 15.4. The van der Waals surface area contributed by atoms with Gasteiger partial charge in [0.2, 0.25) is 23.3 Å². The molecule has 0 aliphatic rings. The Balaban J connectivity index is 0.000000284. The number of rotatable bonds is 14. The Labute approximate surface area is 419 Å². The molecule has 0 saturated carbocycles. The minimum atomic E-state index is -1.74. The van der Waals surface area contributed by atoms with Gasteiger partial charge in [0.25, 0.3) is 0 Å². The summed E-state index contributed by atoms with van der Waals surface area (Å²) < 4.78 is 124. The molecule has 0 spiro atoms. The van der Waals surface area contributed by atoms with E-state index in [1.165, 1.54) is 12.1 Å². The van der Waals surface area contributed by atoms with Crippen molar-refractivity contribution in [1.82, 2.24) is 0 Å². The summed E-state index contributed by atoms with van der Waals surface area (Å²) in [6.07, 6.45) is 4.10. The van der Waals surface area contributed by atoms with Gasteiger partial charge in [-0.25, -0.2) is 27.5 Å². The van der Waals surface area contributed by atoms with Crippen molar-refractivity contribution in [1.29, 1.82) is 0 Å². The van der Waals surface area contributed by atoms with Crippen molar-refractivity contribution in [2.75, 3.05) is 13.2 Å². The van der Waals surface area contributed by atoms with E-state index in [1.807, 2.05) is 88.4 Å². The molecular formula is C50H40Cl4F8N2O4Ti. The average Bonchev–Trinajstić information content (AvgIpc) is 3.33. The molecule has 0 aromatic heterocycles. The molecule has 2 N–H and O–H groups in total. The molecule has 0 bridgehead atoms. The van der Waals surface area contributed by atoms with Crippen molar-refractivity contribution in [3.8, 4) is 23.0 Å². The van der Waals surface area contributed by atoms with Crippen molar-refractivity contribution in [3.05, 3.63) is 200 Å². The number of halogens is 12. The SMILES string of the molecule is C=CCOc1c(F)c(F)c(N=Cc2cc(Cl)cc(C(C)(C)c3ccccc3)c2O)c(F)c1F.C=CCOc1c(F)c(F)c(N=Cc2cc(Cl)cc(C(C)(C)c3ccccc3)c2O)c(F)c1F.[Cl][Ti][Cl]. The van der Waals surface area contributed by atoms with E-state index in [0.29, 0.717) is 11.1 Å². The number of aliphatic imine (C=N–C) groups is 2. The summed E-state index contributed by atoms with van der Waals surface area (Å²) in [5.41, 5.74) is -1.19. The molecule has 0 amide bonds. The summed E-state index contributed by atoms with van der Waals surface area (Å²) in [4.78, 5) is 7.13. The standard InChI is InChI=1S/2C25H20ClF4NO2.2ClH.Ti/c2*1-4-10-33-24-20(29)18(27)22(19(28)21(24)30)31-13-14-11-16(26)12-17(23(14)32)25(2,3)15-8-6-5-7-9-15;;;/h2*4-9,11-13,32H,1,10H2,2-3H3;2*1H;/q;;;;+2/p-2. The molecule has 6 aromatic rings. The fourth-order valence-corrected chi connectivity index (χ4v) is 7.10. The Hall–Kier alpha value is -5.35. The molecule has 0 heterocycles. The summed E-state index contributed by atoms with van der Waals surface area (Å²) in [5.74, 6) is -16.8. The van der Waals surface area contributed by atoms with Gasteiger partial charge in [-0.05, 0) is 35.4 Å². The third-order valence-corrected chi connectivity index (χ3v) is 10.7. The van der Waals surface area contributed by atoms with Gasteiger partial charge in [0.05, 0.1) is 0 Å². The van der Waals surface area contributed by atoms with Crippen LogP contribution in [0.2, 0.25) is 10.0 Å². The first kappa shape index (κ1) is 56.2. The van der Waals surface area contributed by atoms with Crippen LogP contribution in [0.15, 0.2) is 120 Å². The average molecular weight is 1070 g/mol. The fraction of sp³-hybridized carbons (Fsp3) is 0.160. The van der Waals surface area contributed by atoms with Crippen LogP contribution in [0.5, 0.6) is 23.0 Å². The van der Waals surface area contributed by atoms with Gasteiger partial charge in [-0.1, -0.05) is 137 Å². The first-order chi connectivity index (χ1) is 32.6. The van der Waals surface area contributed by atoms with E-state index in [1.54, 1.807) is 12.1 Å². The number of ether oxygens (including phenoxy) is 2. The zero-order valence-corrected chi connectivity index (χ0v) is 41.4. The number of benzene rings is 6. The fourth-order valence-electron chi connectivity index (χ4n) is 6.64. The maximum atomic E-state index is 14.4. The van der Waals surface area contributed by atoms with Crippen molar-refractivity contribution in [2.24, 2.45) is 9.98 Å². The van der Waals surface area contributed by atoms with Crippen LogP contribution in [0, 0.1) is 46.5 Å². The second kappa shape index (κ2) is 25.0. The van der Waals surface area contributed by atoms with E-state index < -0.39 is 97.3 Å². The molecule has 0 unspecified atom stereocenters. The molecule has 0 radical (unpaired) electrons. The Morgan fingerprint density at radius 3 is 1.10 bits per heavy atom. The van der Waals surface area contributed by atoms with Gasteiger partial charge in [-0.2, -0.15) is 17.6 Å². The Bertz CT molecular complexity index is 2620. The Kier molecular flexibility index (Phi) is 20.4. The number of phenols is 2. The minimum absolute atomic E-state index is 0.00751. The summed E-state index contributed by atoms with van der Waals surface area (Å²) in [6.45, 7) is 13.3. The topological polar surface area (TPSA) is 83.6 Å². The van der Waals surface area contributed by atoms with Crippen LogP contribution in [0.25, 0.3) is 0 Å². The molecule has 0 aliphatic carbocycles. The molecule has 0 aliphatic heterocycles. The normalized spacial score (nSPS) is 11.4. The summed E-state index contributed by atoms with van der Waals surface area (Å²) in [6, 6.07) is 24.3. The first-order valence-corrected chi connectivity index (χ1v) is 25.1. The van der Waals surface area contributed by atoms with Gasteiger partial charge in [0, 0.05) is 55.6 Å². The van der Waals surface area contributed by atoms with Gasteiger partial charge in [0.1, 0.15) is 36.1 Å². The van der Waals surface area contributed by atoms with E-state index in [0.717, 1.165) is 35.7 Å². The molecule has 69 heavy (non-hydrogen) atoms. The van der Waals surface area contributed by atoms with Gasteiger partial charge in [0.15, 0.2) is 34.8 Å². The van der Waals surface area contributed by atoms with Crippen LogP contribution < -0.4 is 9.47 Å². The van der Waals surface area contributed by atoms with E-state index in [4.69, 9.17) is 41.8 Å². The van der Waals surface area contributed by atoms with Crippen LogP contribution in [0.1, 0.15) is 61.1 Å². The molecule has 0 atom stereocenters.